The molecule has 1 fully saturated rings. The zero-order valence-corrected chi connectivity index (χ0v) is 24.8. The van der Waals surface area contributed by atoms with Gasteiger partial charge in [-0.2, -0.15) is 0 Å². The van der Waals surface area contributed by atoms with Crippen molar-refractivity contribution in [3.05, 3.63) is 65.0 Å². The van der Waals surface area contributed by atoms with Crippen LogP contribution in [0.4, 0.5) is 4.39 Å². The van der Waals surface area contributed by atoms with Crippen LogP contribution in [0, 0.1) is 18.7 Å². The zero-order valence-electron chi connectivity index (χ0n) is 24.8. The first-order valence-electron chi connectivity index (χ1n) is 13.9. The number of allylic oxidation sites excluding steroid dienone is 2. The Morgan fingerprint density at radius 1 is 1.16 bits per heavy atom. The van der Waals surface area contributed by atoms with Crippen molar-refractivity contribution >= 4 is 17.2 Å². The van der Waals surface area contributed by atoms with Gasteiger partial charge < -0.3 is 10.0 Å². The number of nitrogens with zero attached hydrogens (tertiary/aromatic N) is 4. The molecule has 0 atom stereocenters. The average Bonchev–Trinajstić information content (AvgIpc) is 2.96. The van der Waals surface area contributed by atoms with Crippen LogP contribution in [-0.4, -0.2) is 56.8 Å². The van der Waals surface area contributed by atoms with Crippen LogP contribution >= 0.6 is 0 Å². The van der Waals surface area contributed by atoms with Gasteiger partial charge in [-0.3, -0.25) is 9.79 Å². The first-order chi connectivity index (χ1) is 18.2. The molecule has 0 bridgehead atoms. The largest absolute Gasteiger partial charge is 0.387 e. The lowest BCUT2D eigenvalue weighted by Gasteiger charge is -2.33. The summed E-state index contributed by atoms with van der Waals surface area (Å²) >= 11 is 0. The number of aryl methyl sites for hydroxylation is 1. The Morgan fingerprint density at radius 2 is 1.79 bits per heavy atom. The maximum Gasteiger partial charge on any atom is 0.248 e. The Bertz CT molecular complexity index is 1070. The number of aliphatic hydroxyl groups excluding tert-OH is 1. The summed E-state index contributed by atoms with van der Waals surface area (Å²) in [5.41, 5.74) is 3.81. The molecule has 38 heavy (non-hydrogen) atoms. The summed E-state index contributed by atoms with van der Waals surface area (Å²) in [6, 6.07) is 7.24. The van der Waals surface area contributed by atoms with Crippen molar-refractivity contribution in [2.24, 2.45) is 10.9 Å². The molecule has 1 aliphatic rings. The van der Waals surface area contributed by atoms with E-state index in [1.165, 1.54) is 6.33 Å². The molecule has 7 heteroatoms. The number of hydrogen-bond donors (Lipinski definition) is 1. The van der Waals surface area contributed by atoms with E-state index in [2.05, 4.69) is 23.8 Å². The zero-order chi connectivity index (χ0) is 28.9. The number of hydrogen-bond acceptors (Lipinski definition) is 5. The third-order valence-corrected chi connectivity index (χ3v) is 6.79. The first kappa shape index (κ1) is 33.1. The predicted molar refractivity (Wildman–Crippen MR) is 156 cm³/mol. The molecular weight excluding hydrogens is 479 g/mol. The van der Waals surface area contributed by atoms with Crippen LogP contribution in [0.5, 0.6) is 0 Å². The van der Waals surface area contributed by atoms with Crippen LogP contribution in [0.25, 0.3) is 5.57 Å². The van der Waals surface area contributed by atoms with Crippen LogP contribution in [0.15, 0.2) is 47.4 Å². The summed E-state index contributed by atoms with van der Waals surface area (Å²) in [6.07, 6.45) is 5.50. The van der Waals surface area contributed by atoms with Gasteiger partial charge in [-0.25, -0.2) is 14.4 Å². The lowest BCUT2D eigenvalue weighted by atomic mass is 9.83. The van der Waals surface area contributed by atoms with Gasteiger partial charge in [-0.05, 0) is 70.6 Å². The second-order valence-electron chi connectivity index (χ2n) is 9.53. The van der Waals surface area contributed by atoms with E-state index in [1.54, 1.807) is 30.2 Å². The summed E-state index contributed by atoms with van der Waals surface area (Å²) < 4.78 is 15.5. The summed E-state index contributed by atoms with van der Waals surface area (Å²) in [4.78, 5) is 27.4. The topological polar surface area (TPSA) is 78.7 Å². The minimum Gasteiger partial charge on any atom is -0.387 e. The molecule has 2 aromatic rings. The summed E-state index contributed by atoms with van der Waals surface area (Å²) in [6.45, 7) is 18.7. The number of aliphatic hydroxyl groups is 1. The molecule has 1 aromatic heterocycles. The van der Waals surface area contributed by atoms with Gasteiger partial charge in [0, 0.05) is 30.4 Å². The van der Waals surface area contributed by atoms with Crippen molar-refractivity contribution in [2.75, 3.05) is 19.7 Å². The molecule has 0 saturated carbocycles. The highest BCUT2D eigenvalue weighted by atomic mass is 19.1. The smallest absolute Gasteiger partial charge is 0.248 e. The van der Waals surface area contributed by atoms with Gasteiger partial charge in [0.25, 0.3) is 0 Å². The third-order valence-electron chi connectivity index (χ3n) is 6.79. The molecule has 1 aromatic carbocycles. The van der Waals surface area contributed by atoms with E-state index >= 15 is 4.39 Å². The Morgan fingerprint density at radius 3 is 2.32 bits per heavy atom. The molecule has 3 rings (SSSR count). The van der Waals surface area contributed by atoms with E-state index in [1.807, 2.05) is 53.7 Å². The minimum atomic E-state index is -0.471. The molecule has 1 N–H and O–H groups in total. The van der Waals surface area contributed by atoms with E-state index < -0.39 is 12.1 Å². The highest BCUT2D eigenvalue weighted by molar-refractivity contribution is 6.32. The SMILES string of the molecule is CC.CC.CCC(C)(C)N=C(/C(=C(\C)C1CCN(C(=O)CO)CC1)c1ccncn1)c1cccc(C)c1F. The van der Waals surface area contributed by atoms with Gasteiger partial charge in [0.15, 0.2) is 0 Å². The Labute approximate surface area is 229 Å². The second-order valence-corrected chi connectivity index (χ2v) is 9.53. The van der Waals surface area contributed by atoms with E-state index in [0.29, 0.717) is 35.6 Å². The first-order valence-corrected chi connectivity index (χ1v) is 13.9. The third kappa shape index (κ3) is 8.55. The van der Waals surface area contributed by atoms with Crippen molar-refractivity contribution < 1.29 is 14.3 Å². The van der Waals surface area contributed by atoms with Crippen LogP contribution in [0.2, 0.25) is 0 Å². The number of aromatic nitrogens is 2. The van der Waals surface area contributed by atoms with Crippen LogP contribution in [0.3, 0.4) is 0 Å². The van der Waals surface area contributed by atoms with E-state index in [4.69, 9.17) is 4.99 Å². The number of rotatable bonds is 7. The fourth-order valence-electron chi connectivity index (χ4n) is 4.28. The molecule has 1 aliphatic heterocycles. The highest BCUT2D eigenvalue weighted by Crippen LogP contribution is 2.34. The quantitative estimate of drug-likeness (QED) is 0.409. The summed E-state index contributed by atoms with van der Waals surface area (Å²) in [5.74, 6) is -0.351. The van der Waals surface area contributed by atoms with Gasteiger partial charge in [0.1, 0.15) is 18.8 Å². The number of amides is 1. The van der Waals surface area contributed by atoms with Crippen molar-refractivity contribution in [3.8, 4) is 0 Å². The molecule has 1 saturated heterocycles. The second kappa shape index (κ2) is 16.1. The van der Waals surface area contributed by atoms with Crippen LogP contribution < -0.4 is 0 Å². The summed E-state index contributed by atoms with van der Waals surface area (Å²) in [7, 11) is 0. The van der Waals surface area contributed by atoms with Gasteiger partial charge in [-0.15, -0.1) is 0 Å². The van der Waals surface area contributed by atoms with Crippen molar-refractivity contribution in [1.29, 1.82) is 0 Å². The fraction of sp³-hybridized carbons (Fsp3) is 0.548. The van der Waals surface area contributed by atoms with Crippen LogP contribution in [0.1, 0.15) is 91.5 Å². The average molecular weight is 527 g/mol. The van der Waals surface area contributed by atoms with Gasteiger partial charge in [0.05, 0.1) is 16.9 Å². The molecule has 2 heterocycles. The van der Waals surface area contributed by atoms with Gasteiger partial charge in [-0.1, -0.05) is 52.3 Å². The Hall–Kier alpha value is -2.93. The molecule has 0 aliphatic carbocycles. The number of halogens is 1. The van der Waals surface area contributed by atoms with Gasteiger partial charge in [0.2, 0.25) is 5.91 Å². The molecule has 210 valence electrons. The molecule has 0 spiro atoms. The molecule has 1 amide bonds. The Kier molecular flexibility index (Phi) is 14.0. The van der Waals surface area contributed by atoms with Crippen molar-refractivity contribution in [1.82, 2.24) is 14.9 Å². The maximum atomic E-state index is 15.5. The minimum absolute atomic E-state index is 0.176. The van der Waals surface area contributed by atoms with Crippen molar-refractivity contribution in [3.63, 3.8) is 0 Å². The van der Waals surface area contributed by atoms with Crippen LogP contribution in [-0.2, 0) is 4.79 Å². The number of aliphatic imine (C=N–C) groups is 1. The standard InChI is InChI=1S/C27H35FN4O2.2C2H6/c1-6-27(4,5)31-26(21-9-7-8-18(2)25(21)28)24(22-10-13-29-17-30-22)19(3)20-11-14-32(15-12-20)23(34)16-33;2*1-2/h7-10,13,17,20,33H,6,11-12,14-16H2,1-5H3;2*1-2H3/b24-19+,31-26?;;. The monoisotopic (exact) mass is 526 g/mol. The fourth-order valence-corrected chi connectivity index (χ4v) is 4.28. The van der Waals surface area contributed by atoms with E-state index in [-0.39, 0.29) is 17.6 Å². The number of carbonyl (C=O) groups excluding carboxylic acids is 1. The van der Waals surface area contributed by atoms with Gasteiger partial charge >= 0.3 is 0 Å². The van der Waals surface area contributed by atoms with Crippen molar-refractivity contribution in [2.45, 2.75) is 87.1 Å². The number of likely N-dealkylation sites (tertiary alicyclic amines) is 1. The predicted octanol–water partition coefficient (Wildman–Crippen LogP) is 6.66. The lowest BCUT2D eigenvalue weighted by Crippen LogP contribution is -2.40. The number of benzene rings is 1. The highest BCUT2D eigenvalue weighted by Gasteiger charge is 2.29. The van der Waals surface area contributed by atoms with E-state index in [0.717, 1.165) is 30.4 Å². The molecule has 0 radical (unpaired) electrons. The molecular formula is C31H47FN4O2. The Balaban J connectivity index is 0.00000172. The normalized spacial score (nSPS) is 15.0. The number of piperidine rings is 1. The number of carbonyl (C=O) groups is 1. The lowest BCUT2D eigenvalue weighted by molar-refractivity contribution is -0.135. The summed E-state index contributed by atoms with van der Waals surface area (Å²) in [5, 5.41) is 9.21. The maximum absolute atomic E-state index is 15.5. The molecule has 6 nitrogen and oxygen atoms in total. The van der Waals surface area contributed by atoms with E-state index in [9.17, 15) is 9.90 Å². The molecule has 0 unspecified atom stereocenters.